The van der Waals surface area contributed by atoms with Crippen molar-refractivity contribution >= 4 is 23.5 Å². The van der Waals surface area contributed by atoms with E-state index in [1.807, 2.05) is 0 Å². The third kappa shape index (κ3) is 4.07. The molecule has 0 bridgehead atoms. The van der Waals surface area contributed by atoms with Gasteiger partial charge in [0.1, 0.15) is 6.54 Å². The summed E-state index contributed by atoms with van der Waals surface area (Å²) < 4.78 is 0. The summed E-state index contributed by atoms with van der Waals surface area (Å²) in [5.74, 6) is -1.25. The molecule has 0 aliphatic heterocycles. The van der Waals surface area contributed by atoms with Gasteiger partial charge in [-0.25, -0.2) is 0 Å². The molecule has 0 saturated carbocycles. The Labute approximate surface area is 105 Å². The van der Waals surface area contributed by atoms with Crippen LogP contribution in [0.4, 0.5) is 0 Å². The molecule has 1 aromatic carbocycles. The number of carbonyl (C=O) groups excluding carboxylic acids is 1. The number of aliphatic carboxylic acids is 1. The van der Waals surface area contributed by atoms with E-state index in [4.69, 9.17) is 16.7 Å². The molecule has 0 aromatic heterocycles. The van der Waals surface area contributed by atoms with Gasteiger partial charge >= 0.3 is 5.97 Å². The van der Waals surface area contributed by atoms with Crippen LogP contribution in [0.25, 0.3) is 0 Å². The lowest BCUT2D eigenvalue weighted by Gasteiger charge is -2.18. The van der Waals surface area contributed by atoms with E-state index in [2.05, 4.69) is 0 Å². The Balaban J connectivity index is 2.71. The van der Waals surface area contributed by atoms with Gasteiger partial charge in [-0.2, -0.15) is 0 Å². The summed E-state index contributed by atoms with van der Waals surface area (Å²) in [6.07, 6.45) is 0.126. The van der Waals surface area contributed by atoms with Crippen molar-refractivity contribution in [2.45, 2.75) is 13.3 Å². The number of likely N-dealkylation sites (N-methyl/N-ethyl adjacent to an activating group) is 1. The van der Waals surface area contributed by atoms with Crippen LogP contribution in [-0.2, 0) is 16.0 Å². The standard InChI is InChI=1S/C12H14ClNO3/c1-2-14(8-12(16)17)11(15)7-9-5-3-4-6-10(9)13/h3-6H,2,7-8H2,1H3,(H,16,17). The molecule has 4 nitrogen and oxygen atoms in total. The molecule has 17 heavy (non-hydrogen) atoms. The monoisotopic (exact) mass is 255 g/mol. The van der Waals surface area contributed by atoms with Crippen LogP contribution < -0.4 is 0 Å². The lowest BCUT2D eigenvalue weighted by atomic mass is 10.1. The number of nitrogens with zero attached hydrogens (tertiary/aromatic N) is 1. The van der Waals surface area contributed by atoms with Crippen molar-refractivity contribution < 1.29 is 14.7 Å². The van der Waals surface area contributed by atoms with Gasteiger partial charge in [-0.05, 0) is 18.6 Å². The zero-order chi connectivity index (χ0) is 12.8. The van der Waals surface area contributed by atoms with Gasteiger partial charge in [0.15, 0.2) is 0 Å². The molecular weight excluding hydrogens is 242 g/mol. The Morgan fingerprint density at radius 1 is 1.35 bits per heavy atom. The van der Waals surface area contributed by atoms with Crippen molar-refractivity contribution in [3.8, 4) is 0 Å². The highest BCUT2D eigenvalue weighted by Gasteiger charge is 2.16. The smallest absolute Gasteiger partial charge is 0.323 e. The summed E-state index contributed by atoms with van der Waals surface area (Å²) in [4.78, 5) is 23.7. The molecule has 0 atom stereocenters. The number of carboxylic acids is 1. The van der Waals surface area contributed by atoms with Crippen molar-refractivity contribution in [2.75, 3.05) is 13.1 Å². The molecule has 0 aliphatic carbocycles. The van der Waals surface area contributed by atoms with Crippen LogP contribution in [0.1, 0.15) is 12.5 Å². The Kier molecular flexibility index (Phi) is 4.97. The molecule has 1 aromatic rings. The maximum Gasteiger partial charge on any atom is 0.323 e. The number of rotatable bonds is 5. The summed E-state index contributed by atoms with van der Waals surface area (Å²) >= 11 is 5.93. The van der Waals surface area contributed by atoms with Gasteiger partial charge < -0.3 is 10.0 Å². The first kappa shape index (κ1) is 13.5. The van der Waals surface area contributed by atoms with Crippen LogP contribution >= 0.6 is 11.6 Å². The Morgan fingerprint density at radius 3 is 2.53 bits per heavy atom. The zero-order valence-corrected chi connectivity index (χ0v) is 10.3. The van der Waals surface area contributed by atoms with Crippen molar-refractivity contribution in [3.63, 3.8) is 0 Å². The fourth-order valence-corrected chi connectivity index (χ4v) is 1.66. The fourth-order valence-electron chi connectivity index (χ4n) is 1.46. The summed E-state index contributed by atoms with van der Waals surface area (Å²) in [6.45, 7) is 1.84. The number of halogens is 1. The van der Waals surface area contributed by atoms with Crippen molar-refractivity contribution in [1.29, 1.82) is 0 Å². The Bertz CT molecular complexity index is 420. The quantitative estimate of drug-likeness (QED) is 0.873. The van der Waals surface area contributed by atoms with E-state index in [0.717, 1.165) is 0 Å². The minimum atomic E-state index is -1.01. The van der Waals surface area contributed by atoms with Crippen LogP contribution in [0.15, 0.2) is 24.3 Å². The van der Waals surface area contributed by atoms with Gasteiger partial charge in [-0.1, -0.05) is 29.8 Å². The Morgan fingerprint density at radius 2 is 2.00 bits per heavy atom. The number of carbonyl (C=O) groups is 2. The summed E-state index contributed by atoms with van der Waals surface area (Å²) in [5, 5.41) is 9.19. The van der Waals surface area contributed by atoms with Crippen LogP contribution in [0, 0.1) is 0 Å². The minimum Gasteiger partial charge on any atom is -0.480 e. The summed E-state index contributed by atoms with van der Waals surface area (Å²) in [5.41, 5.74) is 0.711. The van der Waals surface area contributed by atoms with Gasteiger partial charge in [0.2, 0.25) is 5.91 Å². The van der Waals surface area contributed by atoms with E-state index in [0.29, 0.717) is 17.1 Å². The van der Waals surface area contributed by atoms with Crippen molar-refractivity contribution in [2.24, 2.45) is 0 Å². The second-order valence-electron chi connectivity index (χ2n) is 3.57. The molecule has 0 spiro atoms. The normalized spacial score (nSPS) is 10.0. The molecule has 0 heterocycles. The van der Waals surface area contributed by atoms with Crippen LogP contribution in [0.3, 0.4) is 0 Å². The molecule has 1 amide bonds. The molecule has 1 N–H and O–H groups in total. The molecule has 1 rings (SSSR count). The molecule has 0 aliphatic rings. The first-order valence-electron chi connectivity index (χ1n) is 5.27. The fraction of sp³-hybridized carbons (Fsp3) is 0.333. The van der Waals surface area contributed by atoms with E-state index in [-0.39, 0.29) is 18.9 Å². The maximum absolute atomic E-state index is 11.8. The second kappa shape index (κ2) is 6.25. The summed E-state index contributed by atoms with van der Waals surface area (Å²) in [7, 11) is 0. The lowest BCUT2D eigenvalue weighted by Crippen LogP contribution is -2.36. The van der Waals surface area contributed by atoms with Crippen LogP contribution in [0.5, 0.6) is 0 Å². The van der Waals surface area contributed by atoms with E-state index < -0.39 is 5.97 Å². The lowest BCUT2D eigenvalue weighted by molar-refractivity contribution is -0.144. The third-order valence-electron chi connectivity index (χ3n) is 2.36. The molecular formula is C12H14ClNO3. The molecule has 0 radical (unpaired) electrons. The highest BCUT2D eigenvalue weighted by Crippen LogP contribution is 2.16. The molecule has 0 saturated heterocycles. The minimum absolute atomic E-state index is 0.126. The number of amides is 1. The second-order valence-corrected chi connectivity index (χ2v) is 3.98. The highest BCUT2D eigenvalue weighted by molar-refractivity contribution is 6.31. The maximum atomic E-state index is 11.8. The van der Waals surface area contributed by atoms with Crippen molar-refractivity contribution in [3.05, 3.63) is 34.9 Å². The first-order chi connectivity index (χ1) is 8.04. The molecule has 5 heteroatoms. The number of hydrogen-bond donors (Lipinski definition) is 1. The predicted octanol–water partition coefficient (Wildman–Crippen LogP) is 1.82. The number of carboxylic acid groups (broad SMARTS) is 1. The topological polar surface area (TPSA) is 57.6 Å². The van der Waals surface area contributed by atoms with E-state index in [1.54, 1.807) is 31.2 Å². The largest absolute Gasteiger partial charge is 0.480 e. The average molecular weight is 256 g/mol. The van der Waals surface area contributed by atoms with E-state index in [1.165, 1.54) is 4.90 Å². The van der Waals surface area contributed by atoms with Crippen LogP contribution in [-0.4, -0.2) is 35.0 Å². The van der Waals surface area contributed by atoms with Gasteiger partial charge in [-0.15, -0.1) is 0 Å². The number of hydrogen-bond acceptors (Lipinski definition) is 2. The average Bonchev–Trinajstić information content (AvgIpc) is 2.28. The van der Waals surface area contributed by atoms with Gasteiger partial charge in [0.25, 0.3) is 0 Å². The zero-order valence-electron chi connectivity index (χ0n) is 9.52. The van der Waals surface area contributed by atoms with Crippen molar-refractivity contribution in [1.82, 2.24) is 4.90 Å². The number of benzene rings is 1. The van der Waals surface area contributed by atoms with Gasteiger partial charge in [-0.3, -0.25) is 9.59 Å². The SMILES string of the molecule is CCN(CC(=O)O)C(=O)Cc1ccccc1Cl. The van der Waals surface area contributed by atoms with E-state index >= 15 is 0 Å². The van der Waals surface area contributed by atoms with Crippen LogP contribution in [0.2, 0.25) is 5.02 Å². The van der Waals surface area contributed by atoms with Gasteiger partial charge in [0.05, 0.1) is 6.42 Å². The highest BCUT2D eigenvalue weighted by atomic mass is 35.5. The third-order valence-corrected chi connectivity index (χ3v) is 2.73. The predicted molar refractivity (Wildman–Crippen MR) is 65.0 cm³/mol. The molecule has 92 valence electrons. The van der Waals surface area contributed by atoms with Gasteiger partial charge in [0, 0.05) is 11.6 Å². The van der Waals surface area contributed by atoms with E-state index in [9.17, 15) is 9.59 Å². The first-order valence-corrected chi connectivity index (χ1v) is 5.65. The Hall–Kier alpha value is -1.55. The summed E-state index contributed by atoms with van der Waals surface area (Å²) in [6, 6.07) is 7.04. The molecule has 0 fully saturated rings. The molecule has 0 unspecified atom stereocenters.